The minimum Gasteiger partial charge on any atom is -0.481 e. The Kier molecular flexibility index (Phi) is 7.12. The van der Waals surface area contributed by atoms with Gasteiger partial charge in [-0.15, -0.1) is 0 Å². The van der Waals surface area contributed by atoms with Crippen molar-refractivity contribution < 1.29 is 13.9 Å². The standard InChI is InChI=1S/C19H22FNO2S/c1-14-3-5-16(6-4-14)13-24-12-11-21-19(22)15(2)23-18-9-7-17(20)8-10-18/h3-10,15H,11-13H2,1-2H3,(H,21,22). The van der Waals surface area contributed by atoms with Crippen molar-refractivity contribution in [2.75, 3.05) is 12.3 Å². The maximum atomic E-state index is 12.8. The van der Waals surface area contributed by atoms with E-state index >= 15 is 0 Å². The average Bonchev–Trinajstić information content (AvgIpc) is 2.58. The summed E-state index contributed by atoms with van der Waals surface area (Å²) in [6.45, 7) is 4.34. The molecule has 0 radical (unpaired) electrons. The summed E-state index contributed by atoms with van der Waals surface area (Å²) in [7, 11) is 0. The van der Waals surface area contributed by atoms with Crippen LogP contribution in [0.3, 0.4) is 0 Å². The van der Waals surface area contributed by atoms with E-state index in [1.54, 1.807) is 18.7 Å². The minimum absolute atomic E-state index is 0.171. The van der Waals surface area contributed by atoms with Gasteiger partial charge in [-0.3, -0.25) is 4.79 Å². The van der Waals surface area contributed by atoms with Gasteiger partial charge in [0.15, 0.2) is 6.10 Å². The van der Waals surface area contributed by atoms with Gasteiger partial charge in [0.2, 0.25) is 0 Å². The number of nitrogens with one attached hydrogen (secondary N) is 1. The summed E-state index contributed by atoms with van der Waals surface area (Å²) in [4.78, 5) is 12.0. The Labute approximate surface area is 146 Å². The third kappa shape index (κ3) is 6.24. The third-order valence-electron chi connectivity index (χ3n) is 3.43. The predicted octanol–water partition coefficient (Wildman–Crippen LogP) is 3.95. The van der Waals surface area contributed by atoms with Crippen LogP contribution in [0.2, 0.25) is 0 Å². The van der Waals surface area contributed by atoms with Crippen LogP contribution in [0.15, 0.2) is 48.5 Å². The topological polar surface area (TPSA) is 38.3 Å². The summed E-state index contributed by atoms with van der Waals surface area (Å²) >= 11 is 1.77. The number of amides is 1. The van der Waals surface area contributed by atoms with E-state index in [2.05, 4.69) is 36.5 Å². The zero-order chi connectivity index (χ0) is 17.4. The molecule has 2 aromatic rings. The number of ether oxygens (including phenoxy) is 1. The van der Waals surface area contributed by atoms with Crippen LogP contribution in [-0.2, 0) is 10.5 Å². The predicted molar refractivity (Wildman–Crippen MR) is 96.8 cm³/mol. The van der Waals surface area contributed by atoms with E-state index in [-0.39, 0.29) is 11.7 Å². The monoisotopic (exact) mass is 347 g/mol. The highest BCUT2D eigenvalue weighted by molar-refractivity contribution is 7.98. The molecule has 0 saturated carbocycles. The summed E-state index contributed by atoms with van der Waals surface area (Å²) in [6.07, 6.45) is -0.613. The van der Waals surface area contributed by atoms with Gasteiger partial charge in [-0.25, -0.2) is 4.39 Å². The Morgan fingerprint density at radius 3 is 2.50 bits per heavy atom. The number of halogens is 1. The second-order valence-electron chi connectivity index (χ2n) is 5.54. The van der Waals surface area contributed by atoms with Crippen LogP contribution in [-0.4, -0.2) is 24.3 Å². The van der Waals surface area contributed by atoms with Crippen LogP contribution in [0.25, 0.3) is 0 Å². The largest absolute Gasteiger partial charge is 0.481 e. The second-order valence-corrected chi connectivity index (χ2v) is 6.65. The third-order valence-corrected chi connectivity index (χ3v) is 4.46. The lowest BCUT2D eigenvalue weighted by Crippen LogP contribution is -2.37. The summed E-state index contributed by atoms with van der Waals surface area (Å²) < 4.78 is 18.3. The van der Waals surface area contributed by atoms with Crippen molar-refractivity contribution in [2.24, 2.45) is 0 Å². The van der Waals surface area contributed by atoms with E-state index in [0.717, 1.165) is 11.5 Å². The first-order valence-electron chi connectivity index (χ1n) is 7.88. The molecule has 24 heavy (non-hydrogen) atoms. The van der Waals surface area contributed by atoms with Gasteiger partial charge in [0.1, 0.15) is 11.6 Å². The minimum atomic E-state index is -0.613. The smallest absolute Gasteiger partial charge is 0.260 e. The zero-order valence-corrected chi connectivity index (χ0v) is 14.7. The maximum absolute atomic E-state index is 12.8. The number of benzene rings is 2. The van der Waals surface area contributed by atoms with Gasteiger partial charge in [0.25, 0.3) is 5.91 Å². The quantitative estimate of drug-likeness (QED) is 0.735. The summed E-state index contributed by atoms with van der Waals surface area (Å²) in [6, 6.07) is 14.1. The zero-order valence-electron chi connectivity index (χ0n) is 13.9. The number of rotatable bonds is 8. The van der Waals surface area contributed by atoms with E-state index in [1.807, 2.05) is 0 Å². The number of aryl methyl sites for hydroxylation is 1. The normalized spacial score (nSPS) is 11.8. The Morgan fingerprint density at radius 1 is 1.17 bits per heavy atom. The Bertz CT molecular complexity index is 643. The Morgan fingerprint density at radius 2 is 1.83 bits per heavy atom. The number of hydrogen-bond donors (Lipinski definition) is 1. The van der Waals surface area contributed by atoms with E-state index in [1.165, 1.54) is 35.4 Å². The van der Waals surface area contributed by atoms with Crippen molar-refractivity contribution in [3.63, 3.8) is 0 Å². The highest BCUT2D eigenvalue weighted by atomic mass is 32.2. The van der Waals surface area contributed by atoms with Crippen LogP contribution in [0, 0.1) is 12.7 Å². The summed E-state index contributed by atoms with van der Waals surface area (Å²) in [5.74, 6) is 1.74. The number of hydrogen-bond acceptors (Lipinski definition) is 3. The first-order chi connectivity index (χ1) is 11.5. The fourth-order valence-corrected chi connectivity index (χ4v) is 2.85. The van der Waals surface area contributed by atoms with E-state index in [0.29, 0.717) is 12.3 Å². The fourth-order valence-electron chi connectivity index (χ4n) is 2.04. The number of thioether (sulfide) groups is 1. The highest BCUT2D eigenvalue weighted by Crippen LogP contribution is 2.14. The van der Waals surface area contributed by atoms with Gasteiger partial charge in [0.05, 0.1) is 0 Å². The van der Waals surface area contributed by atoms with Crippen LogP contribution < -0.4 is 10.1 Å². The van der Waals surface area contributed by atoms with Gasteiger partial charge in [-0.05, 0) is 43.7 Å². The number of carbonyl (C=O) groups excluding carboxylic acids is 1. The molecule has 1 atom stereocenters. The van der Waals surface area contributed by atoms with Gasteiger partial charge >= 0.3 is 0 Å². The van der Waals surface area contributed by atoms with Gasteiger partial charge in [-0.2, -0.15) is 11.8 Å². The molecule has 0 fully saturated rings. The van der Waals surface area contributed by atoms with E-state index in [4.69, 9.17) is 4.74 Å². The van der Waals surface area contributed by atoms with Crippen molar-refractivity contribution in [3.8, 4) is 5.75 Å². The molecule has 1 N–H and O–H groups in total. The molecule has 0 aliphatic rings. The van der Waals surface area contributed by atoms with Crippen LogP contribution in [0.4, 0.5) is 4.39 Å². The van der Waals surface area contributed by atoms with Gasteiger partial charge < -0.3 is 10.1 Å². The molecular formula is C19H22FNO2S. The van der Waals surface area contributed by atoms with Gasteiger partial charge in [-0.1, -0.05) is 29.8 Å². The molecule has 0 aromatic heterocycles. The van der Waals surface area contributed by atoms with Crippen LogP contribution in [0.1, 0.15) is 18.1 Å². The molecule has 0 aliphatic heterocycles. The van der Waals surface area contributed by atoms with Crippen molar-refractivity contribution in [1.29, 1.82) is 0 Å². The molecule has 0 spiro atoms. The molecule has 0 heterocycles. The number of carbonyl (C=O) groups is 1. The van der Waals surface area contributed by atoms with E-state index in [9.17, 15) is 9.18 Å². The summed E-state index contributed by atoms with van der Waals surface area (Å²) in [5, 5.41) is 2.85. The lowest BCUT2D eigenvalue weighted by molar-refractivity contribution is -0.127. The van der Waals surface area contributed by atoms with Crippen molar-refractivity contribution in [2.45, 2.75) is 25.7 Å². The van der Waals surface area contributed by atoms with E-state index < -0.39 is 6.10 Å². The molecule has 1 unspecified atom stereocenters. The Hall–Kier alpha value is -2.01. The second kappa shape index (κ2) is 9.33. The SMILES string of the molecule is Cc1ccc(CSCCNC(=O)C(C)Oc2ccc(F)cc2)cc1. The fraction of sp³-hybridized carbons (Fsp3) is 0.316. The summed E-state index contributed by atoms with van der Waals surface area (Å²) in [5.41, 5.74) is 2.54. The molecule has 3 nitrogen and oxygen atoms in total. The molecule has 2 aromatic carbocycles. The van der Waals surface area contributed by atoms with Crippen molar-refractivity contribution in [1.82, 2.24) is 5.32 Å². The first-order valence-corrected chi connectivity index (χ1v) is 9.03. The van der Waals surface area contributed by atoms with Gasteiger partial charge in [0, 0.05) is 18.1 Å². The molecule has 1 amide bonds. The molecule has 0 bridgehead atoms. The molecule has 0 aliphatic carbocycles. The molecule has 5 heteroatoms. The van der Waals surface area contributed by atoms with Crippen molar-refractivity contribution >= 4 is 17.7 Å². The average molecular weight is 347 g/mol. The lowest BCUT2D eigenvalue weighted by Gasteiger charge is -2.14. The maximum Gasteiger partial charge on any atom is 0.260 e. The molecular weight excluding hydrogens is 325 g/mol. The van der Waals surface area contributed by atoms with Crippen LogP contribution in [0.5, 0.6) is 5.75 Å². The van der Waals surface area contributed by atoms with Crippen LogP contribution >= 0.6 is 11.8 Å². The van der Waals surface area contributed by atoms with Crippen molar-refractivity contribution in [3.05, 3.63) is 65.5 Å². The first kappa shape index (κ1) is 18.3. The Balaban J connectivity index is 1.63. The molecule has 2 rings (SSSR count). The molecule has 128 valence electrons. The lowest BCUT2D eigenvalue weighted by atomic mass is 10.2. The highest BCUT2D eigenvalue weighted by Gasteiger charge is 2.13. The molecule has 0 saturated heterocycles.